The van der Waals surface area contributed by atoms with Crippen LogP contribution in [0.15, 0.2) is 47.7 Å². The fraction of sp³-hybridized carbons (Fsp3) is 0.318. The topological polar surface area (TPSA) is 115 Å². The predicted molar refractivity (Wildman–Crippen MR) is 121 cm³/mol. The molecule has 0 radical (unpaired) electrons. The van der Waals surface area contributed by atoms with Crippen LogP contribution in [-0.2, 0) is 0 Å². The van der Waals surface area contributed by atoms with Crippen molar-refractivity contribution in [3.63, 3.8) is 0 Å². The molecule has 31 heavy (non-hydrogen) atoms. The van der Waals surface area contributed by atoms with Crippen molar-refractivity contribution in [1.29, 1.82) is 0 Å². The molecule has 0 atom stereocenters. The van der Waals surface area contributed by atoms with Gasteiger partial charge in [-0.2, -0.15) is 0 Å². The molecule has 1 aliphatic carbocycles. The molecule has 0 unspecified atom stereocenters. The van der Waals surface area contributed by atoms with Gasteiger partial charge in [0.15, 0.2) is 5.84 Å². The summed E-state index contributed by atoms with van der Waals surface area (Å²) in [6.45, 7) is 0.899. The Hall–Kier alpha value is -3.59. The third-order valence-electron chi connectivity index (χ3n) is 5.15. The Morgan fingerprint density at radius 3 is 2.39 bits per heavy atom. The molecule has 9 nitrogen and oxygen atoms in total. The van der Waals surface area contributed by atoms with E-state index in [0.29, 0.717) is 11.6 Å². The molecule has 4 rings (SSSR count). The van der Waals surface area contributed by atoms with Gasteiger partial charge in [-0.1, -0.05) is 0 Å². The van der Waals surface area contributed by atoms with E-state index in [0.717, 1.165) is 45.6 Å². The summed E-state index contributed by atoms with van der Waals surface area (Å²) < 4.78 is 11.0. The summed E-state index contributed by atoms with van der Waals surface area (Å²) in [5, 5.41) is 5.15. The second kappa shape index (κ2) is 8.65. The van der Waals surface area contributed by atoms with Gasteiger partial charge >= 0.3 is 0 Å². The lowest BCUT2D eigenvalue weighted by molar-refractivity contribution is 0.371. The third-order valence-corrected chi connectivity index (χ3v) is 5.15. The summed E-state index contributed by atoms with van der Waals surface area (Å²) in [6, 6.07) is 11.9. The number of benzene rings is 2. The number of hydrazine groups is 1. The molecule has 0 aliphatic heterocycles. The van der Waals surface area contributed by atoms with E-state index in [-0.39, 0.29) is 5.84 Å². The quantitative estimate of drug-likeness (QED) is 0.247. The van der Waals surface area contributed by atoms with Crippen molar-refractivity contribution in [1.82, 2.24) is 15.1 Å². The van der Waals surface area contributed by atoms with Crippen molar-refractivity contribution in [3.05, 3.63) is 48.3 Å². The second-order valence-corrected chi connectivity index (χ2v) is 7.61. The van der Waals surface area contributed by atoms with E-state index in [1.54, 1.807) is 27.5 Å². The lowest BCUT2D eigenvalue weighted by Crippen LogP contribution is -2.26. The molecule has 0 amide bonds. The molecule has 2 aromatic carbocycles. The average molecular weight is 422 g/mol. The Labute approximate surface area is 181 Å². The molecule has 1 aromatic heterocycles. The monoisotopic (exact) mass is 421 g/mol. The minimum atomic E-state index is 0.206. The number of anilines is 2. The summed E-state index contributed by atoms with van der Waals surface area (Å²) in [4.78, 5) is 11.4. The highest BCUT2D eigenvalue weighted by Crippen LogP contribution is 2.38. The van der Waals surface area contributed by atoms with Crippen LogP contribution < -0.4 is 25.9 Å². The van der Waals surface area contributed by atoms with Crippen LogP contribution in [0.2, 0.25) is 0 Å². The van der Waals surface area contributed by atoms with Crippen molar-refractivity contribution in [2.75, 3.05) is 32.7 Å². The van der Waals surface area contributed by atoms with Gasteiger partial charge in [0, 0.05) is 43.2 Å². The summed E-state index contributed by atoms with van der Waals surface area (Å²) >= 11 is 0. The van der Waals surface area contributed by atoms with E-state index in [4.69, 9.17) is 21.1 Å². The minimum Gasteiger partial charge on any atom is -0.497 e. The Morgan fingerprint density at radius 1 is 1.06 bits per heavy atom. The van der Waals surface area contributed by atoms with Crippen molar-refractivity contribution in [2.24, 2.45) is 22.6 Å². The van der Waals surface area contributed by atoms with Gasteiger partial charge in [-0.25, -0.2) is 15.9 Å². The smallest absolute Gasteiger partial charge is 0.172 e. The minimum absolute atomic E-state index is 0.206. The van der Waals surface area contributed by atoms with Crippen molar-refractivity contribution in [3.8, 4) is 11.5 Å². The van der Waals surface area contributed by atoms with Crippen molar-refractivity contribution < 1.29 is 9.47 Å². The first kappa shape index (κ1) is 20.7. The lowest BCUT2D eigenvalue weighted by atomic mass is 10.2. The van der Waals surface area contributed by atoms with E-state index < -0.39 is 0 Å². The number of nitrogens with two attached hydrogens (primary N) is 2. The number of rotatable bonds is 8. The van der Waals surface area contributed by atoms with Gasteiger partial charge < -0.3 is 20.1 Å². The SMILES string of the molecule is COc1cc(OC)cc(N(CC2CC2)c2ccc3ncc(C(N)=NN(C)N)nc3c2)c1. The number of ether oxygens (including phenoxy) is 2. The molecule has 9 heteroatoms. The summed E-state index contributed by atoms with van der Waals surface area (Å²) in [6.07, 6.45) is 4.06. The van der Waals surface area contributed by atoms with E-state index in [2.05, 4.69) is 26.0 Å². The van der Waals surface area contributed by atoms with Crippen LogP contribution in [0.3, 0.4) is 0 Å². The van der Waals surface area contributed by atoms with Gasteiger partial charge in [0.05, 0.1) is 31.4 Å². The number of methoxy groups -OCH3 is 2. The standard InChI is InChI=1S/C22H27N7O2/c1-28(24)27-22(23)21-12-25-19-7-6-15(10-20(19)26-21)29(13-14-4-5-14)16-8-17(30-2)11-18(9-16)31-3/h6-12,14H,4-5,13,24H2,1-3H3,(H2,23,27). The van der Waals surface area contributed by atoms with E-state index in [1.165, 1.54) is 12.8 Å². The van der Waals surface area contributed by atoms with Crippen LogP contribution >= 0.6 is 0 Å². The maximum absolute atomic E-state index is 6.00. The van der Waals surface area contributed by atoms with Gasteiger partial charge in [-0.05, 0) is 37.0 Å². The highest BCUT2D eigenvalue weighted by atomic mass is 16.5. The largest absolute Gasteiger partial charge is 0.497 e. The number of hydrogen-bond acceptors (Lipinski definition) is 8. The Kier molecular flexibility index (Phi) is 5.77. The number of amidine groups is 1. The summed E-state index contributed by atoms with van der Waals surface area (Å²) in [5.74, 6) is 7.91. The fourth-order valence-corrected chi connectivity index (χ4v) is 3.38. The average Bonchev–Trinajstić information content (AvgIpc) is 3.60. The molecule has 1 aliphatic rings. The first-order valence-electron chi connectivity index (χ1n) is 10.1. The van der Waals surface area contributed by atoms with E-state index in [9.17, 15) is 0 Å². The van der Waals surface area contributed by atoms with Gasteiger partial charge in [0.25, 0.3) is 0 Å². The molecule has 0 saturated heterocycles. The van der Waals surface area contributed by atoms with Crippen LogP contribution in [0.25, 0.3) is 11.0 Å². The van der Waals surface area contributed by atoms with Crippen LogP contribution in [0.1, 0.15) is 18.5 Å². The summed E-state index contributed by atoms with van der Waals surface area (Å²) in [5.41, 5.74) is 9.98. The Morgan fingerprint density at radius 2 is 1.77 bits per heavy atom. The van der Waals surface area contributed by atoms with Crippen LogP contribution in [-0.4, -0.2) is 48.7 Å². The van der Waals surface area contributed by atoms with Gasteiger partial charge in [0.1, 0.15) is 17.2 Å². The predicted octanol–water partition coefficient (Wildman–Crippen LogP) is 2.62. The highest BCUT2D eigenvalue weighted by molar-refractivity contribution is 5.97. The van der Waals surface area contributed by atoms with Crippen molar-refractivity contribution >= 4 is 28.2 Å². The molecule has 3 aromatic rings. The molecular formula is C22H27N7O2. The number of hydrogen-bond donors (Lipinski definition) is 2. The number of aromatic nitrogens is 2. The van der Waals surface area contributed by atoms with E-state index >= 15 is 0 Å². The molecule has 162 valence electrons. The fourth-order valence-electron chi connectivity index (χ4n) is 3.38. The molecule has 0 spiro atoms. The number of fused-ring (bicyclic) bond motifs is 1. The molecule has 4 N–H and O–H groups in total. The Bertz CT molecular complexity index is 1090. The lowest BCUT2D eigenvalue weighted by Gasteiger charge is -2.26. The van der Waals surface area contributed by atoms with Gasteiger partial charge in [0.2, 0.25) is 0 Å². The van der Waals surface area contributed by atoms with Crippen LogP contribution in [0.5, 0.6) is 11.5 Å². The zero-order valence-corrected chi connectivity index (χ0v) is 17.9. The molecule has 1 fully saturated rings. The zero-order chi connectivity index (χ0) is 22.0. The molecule has 1 saturated carbocycles. The van der Waals surface area contributed by atoms with Gasteiger partial charge in [-0.15, -0.1) is 5.10 Å². The van der Waals surface area contributed by atoms with Gasteiger partial charge in [-0.3, -0.25) is 4.98 Å². The normalized spacial score (nSPS) is 13.9. The summed E-state index contributed by atoms with van der Waals surface area (Å²) in [7, 11) is 4.90. The zero-order valence-electron chi connectivity index (χ0n) is 17.9. The number of nitrogens with zero attached hydrogens (tertiary/aromatic N) is 5. The van der Waals surface area contributed by atoms with Crippen LogP contribution in [0.4, 0.5) is 11.4 Å². The third kappa shape index (κ3) is 4.77. The maximum Gasteiger partial charge on any atom is 0.172 e. The second-order valence-electron chi connectivity index (χ2n) is 7.61. The first-order valence-corrected chi connectivity index (χ1v) is 10.1. The van der Waals surface area contributed by atoms with Crippen molar-refractivity contribution in [2.45, 2.75) is 12.8 Å². The molecule has 0 bridgehead atoms. The van der Waals surface area contributed by atoms with E-state index in [1.807, 2.05) is 30.3 Å². The first-order chi connectivity index (χ1) is 15.0. The molecular weight excluding hydrogens is 394 g/mol. The highest BCUT2D eigenvalue weighted by Gasteiger charge is 2.26. The maximum atomic E-state index is 6.00. The Balaban J connectivity index is 1.77. The number of hydrazone groups is 1. The van der Waals surface area contributed by atoms with Crippen LogP contribution in [0, 0.1) is 5.92 Å². The molecule has 1 heterocycles.